The summed E-state index contributed by atoms with van der Waals surface area (Å²) in [5.74, 6) is 0. The molecule has 0 aromatic heterocycles. The molecule has 23 heavy (non-hydrogen) atoms. The number of rotatable bonds is 0. The third-order valence-corrected chi connectivity index (χ3v) is 7.62. The molecule has 120 valence electrons. The topological polar surface area (TPSA) is 77.5 Å². The zero-order valence-electron chi connectivity index (χ0n) is 12.2. The Balaban J connectivity index is 2.12. The van der Waals surface area contributed by atoms with E-state index in [1.807, 2.05) is 12.1 Å². The van der Waals surface area contributed by atoms with Gasteiger partial charge in [-0.05, 0) is 60.1 Å². The highest BCUT2D eigenvalue weighted by atomic mass is 32.3. The molecule has 0 saturated heterocycles. The molecule has 0 saturated carbocycles. The lowest BCUT2D eigenvalue weighted by Crippen LogP contribution is -2.15. The normalized spacial score (nSPS) is 20.7. The second-order valence-electron chi connectivity index (χ2n) is 5.86. The third-order valence-electron chi connectivity index (χ3n) is 4.35. The van der Waals surface area contributed by atoms with Crippen molar-refractivity contribution in [2.75, 3.05) is 0 Å². The van der Waals surface area contributed by atoms with Crippen LogP contribution in [0.2, 0.25) is 0 Å². The zero-order chi connectivity index (χ0) is 16.2. The highest BCUT2D eigenvalue weighted by molar-refractivity contribution is 8.00. The van der Waals surface area contributed by atoms with Gasteiger partial charge in [-0.25, -0.2) is 0 Å². The Labute approximate surface area is 135 Å². The Morgan fingerprint density at radius 3 is 1.52 bits per heavy atom. The van der Waals surface area contributed by atoms with Crippen LogP contribution in [0.25, 0.3) is 0 Å². The van der Waals surface area contributed by atoms with E-state index in [4.69, 9.17) is 0 Å². The minimum Gasteiger partial charge on any atom is -0.193 e. The van der Waals surface area contributed by atoms with Crippen LogP contribution in [-0.2, 0) is 49.5 Å². The molecule has 0 aliphatic carbocycles. The maximum absolute atomic E-state index is 12.5. The number of fused-ring (bicyclic) bond motifs is 4. The number of hydrogen-bond acceptors (Lipinski definition) is 5. The van der Waals surface area contributed by atoms with Gasteiger partial charge in [0, 0.05) is 0 Å². The maximum atomic E-state index is 12.5. The lowest BCUT2D eigenvalue weighted by molar-refractivity contribution is 0.461. The van der Waals surface area contributed by atoms with Gasteiger partial charge in [-0.3, -0.25) is 0 Å². The van der Waals surface area contributed by atoms with Gasteiger partial charge in [0.05, 0.1) is 9.79 Å². The van der Waals surface area contributed by atoms with E-state index in [1.165, 1.54) is 0 Å². The summed E-state index contributed by atoms with van der Waals surface area (Å²) in [7, 11) is -8.75. The second-order valence-corrected chi connectivity index (χ2v) is 9.10. The van der Waals surface area contributed by atoms with E-state index in [0.29, 0.717) is 36.8 Å². The lowest BCUT2D eigenvalue weighted by atomic mass is 9.96. The first-order valence-corrected chi connectivity index (χ1v) is 10.1. The van der Waals surface area contributed by atoms with Gasteiger partial charge in [0.2, 0.25) is 0 Å². The Morgan fingerprint density at radius 1 is 0.652 bits per heavy atom. The van der Waals surface area contributed by atoms with Crippen molar-refractivity contribution in [3.63, 3.8) is 0 Å². The predicted molar refractivity (Wildman–Crippen MR) is 83.2 cm³/mol. The number of hydrogen-bond donors (Lipinski definition) is 0. The van der Waals surface area contributed by atoms with Crippen LogP contribution in [0.1, 0.15) is 22.3 Å². The van der Waals surface area contributed by atoms with E-state index in [9.17, 15) is 16.8 Å². The van der Waals surface area contributed by atoms with E-state index in [0.717, 1.165) is 11.1 Å². The van der Waals surface area contributed by atoms with Crippen molar-refractivity contribution in [3.05, 3.63) is 58.7 Å². The van der Waals surface area contributed by atoms with Gasteiger partial charge in [-0.2, -0.15) is 16.8 Å². The van der Waals surface area contributed by atoms with E-state index >= 15 is 0 Å². The standard InChI is InChI=1S/C16H14O5S2/c17-22(18)15-9-11-1-2-12-4-6-14(8-7-13(15)5-3-11)16(10-12)23(19,20)21-22/h3-6,9-10H,1-2,7-8H2. The lowest BCUT2D eigenvalue weighted by Gasteiger charge is -2.12. The Hall–Kier alpha value is -1.70. The van der Waals surface area contributed by atoms with Crippen LogP contribution < -0.4 is 0 Å². The molecule has 2 aromatic carbocycles. The molecule has 7 heteroatoms. The van der Waals surface area contributed by atoms with Crippen LogP contribution >= 0.6 is 0 Å². The molecule has 0 amide bonds. The van der Waals surface area contributed by atoms with Crippen molar-refractivity contribution >= 4 is 20.2 Å². The minimum absolute atomic E-state index is 0.0350. The van der Waals surface area contributed by atoms with Crippen LogP contribution in [0.5, 0.6) is 0 Å². The average Bonchev–Trinajstić information content (AvgIpc) is 2.49. The van der Waals surface area contributed by atoms with Crippen LogP contribution in [0.15, 0.2) is 46.2 Å². The summed E-state index contributed by atoms with van der Waals surface area (Å²) >= 11 is 0. The molecular formula is C16H14O5S2. The molecule has 5 nitrogen and oxygen atoms in total. The molecule has 2 aromatic rings. The van der Waals surface area contributed by atoms with Crippen molar-refractivity contribution in [2.24, 2.45) is 0 Å². The molecule has 0 radical (unpaired) electrons. The fraction of sp³-hybridized carbons (Fsp3) is 0.250. The molecule has 0 fully saturated rings. The Bertz CT molecular complexity index is 937. The highest BCUT2D eigenvalue weighted by Gasteiger charge is 2.32. The smallest absolute Gasteiger partial charge is 0.193 e. The summed E-state index contributed by atoms with van der Waals surface area (Å²) < 4.78 is 54.7. The van der Waals surface area contributed by atoms with Gasteiger partial charge in [0.15, 0.2) is 0 Å². The van der Waals surface area contributed by atoms with Crippen molar-refractivity contribution < 1.29 is 20.5 Å². The first-order chi connectivity index (χ1) is 10.9. The van der Waals surface area contributed by atoms with E-state index < -0.39 is 20.2 Å². The molecule has 0 N–H and O–H groups in total. The molecule has 4 rings (SSSR count). The first-order valence-electron chi connectivity index (χ1n) is 7.30. The molecular weight excluding hydrogens is 336 g/mol. The average molecular weight is 350 g/mol. The minimum atomic E-state index is -4.37. The summed E-state index contributed by atoms with van der Waals surface area (Å²) in [6.07, 6.45) is 2.17. The van der Waals surface area contributed by atoms with Gasteiger partial charge in [0.25, 0.3) is 0 Å². The van der Waals surface area contributed by atoms with Gasteiger partial charge in [0.1, 0.15) is 0 Å². The largest absolute Gasteiger partial charge is 0.312 e. The van der Waals surface area contributed by atoms with Crippen molar-refractivity contribution in [2.45, 2.75) is 35.5 Å². The Morgan fingerprint density at radius 2 is 1.09 bits per heavy atom. The fourth-order valence-corrected chi connectivity index (χ4v) is 6.24. The van der Waals surface area contributed by atoms with Crippen LogP contribution in [0.3, 0.4) is 0 Å². The monoisotopic (exact) mass is 350 g/mol. The summed E-state index contributed by atoms with van der Waals surface area (Å²) in [4.78, 5) is -0.0700. The predicted octanol–water partition coefficient (Wildman–Crippen LogP) is 1.98. The van der Waals surface area contributed by atoms with Crippen molar-refractivity contribution in [1.82, 2.24) is 0 Å². The van der Waals surface area contributed by atoms with Crippen molar-refractivity contribution in [3.8, 4) is 0 Å². The number of aryl methyl sites for hydroxylation is 4. The third kappa shape index (κ3) is 2.49. The molecule has 2 aliphatic heterocycles. The van der Waals surface area contributed by atoms with E-state index in [1.54, 1.807) is 24.3 Å². The number of benzene rings is 2. The zero-order valence-corrected chi connectivity index (χ0v) is 13.8. The SMILES string of the molecule is O=S1(=O)OS(=O)(=O)c2cc3ccc2CCc2ccc(cc21)CC3. The molecule has 2 aliphatic rings. The second kappa shape index (κ2) is 4.90. The first kappa shape index (κ1) is 14.9. The van der Waals surface area contributed by atoms with Gasteiger partial charge >= 0.3 is 20.2 Å². The Kier molecular flexibility index (Phi) is 3.16. The van der Waals surface area contributed by atoms with Crippen LogP contribution in [0, 0.1) is 0 Å². The van der Waals surface area contributed by atoms with E-state index in [-0.39, 0.29) is 9.79 Å². The van der Waals surface area contributed by atoms with Gasteiger partial charge in [-0.1, -0.05) is 24.3 Å². The maximum Gasteiger partial charge on any atom is 0.312 e. The van der Waals surface area contributed by atoms with E-state index in [2.05, 4.69) is 3.63 Å². The molecule has 0 atom stereocenters. The highest BCUT2D eigenvalue weighted by Crippen LogP contribution is 2.32. The van der Waals surface area contributed by atoms with Gasteiger partial charge < -0.3 is 0 Å². The molecule has 2 heterocycles. The summed E-state index contributed by atoms with van der Waals surface area (Å²) in [5.41, 5.74) is 2.87. The van der Waals surface area contributed by atoms with Crippen LogP contribution in [0.4, 0.5) is 0 Å². The van der Waals surface area contributed by atoms with Gasteiger partial charge in [-0.15, -0.1) is 3.63 Å². The fourth-order valence-electron chi connectivity index (χ4n) is 3.14. The summed E-state index contributed by atoms with van der Waals surface area (Å²) in [5, 5.41) is 0. The molecule has 4 bridgehead atoms. The van der Waals surface area contributed by atoms with Crippen LogP contribution in [-0.4, -0.2) is 16.8 Å². The quantitative estimate of drug-likeness (QED) is 0.726. The summed E-state index contributed by atoms with van der Waals surface area (Å²) in [6.45, 7) is 0. The van der Waals surface area contributed by atoms with Crippen molar-refractivity contribution in [1.29, 1.82) is 0 Å². The summed E-state index contributed by atoms with van der Waals surface area (Å²) in [6, 6.07) is 10.4. The molecule has 0 unspecified atom stereocenters. The molecule has 0 spiro atoms.